The summed E-state index contributed by atoms with van der Waals surface area (Å²) in [6.07, 6.45) is 12.9. The van der Waals surface area contributed by atoms with Gasteiger partial charge in [-0.25, -0.2) is 0 Å². The van der Waals surface area contributed by atoms with E-state index in [9.17, 15) is 0 Å². The van der Waals surface area contributed by atoms with E-state index in [4.69, 9.17) is 0 Å². The van der Waals surface area contributed by atoms with E-state index in [-0.39, 0.29) is 0 Å². The molecule has 0 aliphatic rings. The summed E-state index contributed by atoms with van der Waals surface area (Å²) in [7, 11) is 1.18. The summed E-state index contributed by atoms with van der Waals surface area (Å²) in [6, 6.07) is 0. The van der Waals surface area contributed by atoms with Gasteiger partial charge in [-0.15, -0.1) is 19.7 Å². The van der Waals surface area contributed by atoms with Gasteiger partial charge in [-0.1, -0.05) is 29.0 Å². The highest BCUT2D eigenvalue weighted by Crippen LogP contribution is 2.19. The molecule has 0 saturated carbocycles. The van der Waals surface area contributed by atoms with Crippen molar-refractivity contribution in [3.63, 3.8) is 0 Å². The zero-order valence-corrected chi connectivity index (χ0v) is 12.1. The molecule has 0 nitrogen and oxygen atoms in total. The molecule has 0 aromatic rings. The molecule has 0 radical (unpaired) electrons. The molecule has 0 atom stereocenters. The van der Waals surface area contributed by atoms with Crippen molar-refractivity contribution >= 4 is 10.2 Å². The van der Waals surface area contributed by atoms with Gasteiger partial charge in [0.15, 0.2) is 0 Å². The van der Waals surface area contributed by atoms with E-state index >= 15 is 0 Å². The Morgan fingerprint density at radius 3 is 1.60 bits per heavy atom. The Bertz CT molecular complexity index is 222. The molecule has 0 spiro atoms. The normalized spacial score (nSPS) is 9.60. The molecule has 0 heterocycles. The van der Waals surface area contributed by atoms with Gasteiger partial charge in [-0.3, -0.25) is 0 Å². The molecule has 0 aromatic heterocycles. The lowest BCUT2D eigenvalue weighted by atomic mass is 10.0. The third-order valence-electron chi connectivity index (χ3n) is 2.63. The Balaban J connectivity index is 4.32. The monoisotopic (exact) mass is 220 g/mol. The average Bonchev–Trinajstić information content (AvgIpc) is 2.26. The first-order chi connectivity index (χ1) is 7.26. The number of hydrogen-bond donors (Lipinski definition) is 0. The summed E-state index contributed by atoms with van der Waals surface area (Å²) in [6.45, 7) is 11.4. The lowest BCUT2D eigenvalue weighted by molar-refractivity contribution is 0.840. The first-order valence-corrected chi connectivity index (χ1v) is 6.76. The van der Waals surface area contributed by atoms with Crippen LogP contribution in [0.1, 0.15) is 38.5 Å². The van der Waals surface area contributed by atoms with Gasteiger partial charge in [-0.2, -0.15) is 0 Å². The van der Waals surface area contributed by atoms with Crippen LogP contribution in [0.5, 0.6) is 0 Å². The zero-order chi connectivity index (χ0) is 11.5. The maximum Gasteiger partial charge on any atom is 0.0332 e. The average molecular weight is 220 g/mol. The smallest absolute Gasteiger partial charge is 0.0332 e. The topological polar surface area (TPSA) is 0 Å². The quantitative estimate of drug-likeness (QED) is 0.412. The molecule has 84 valence electrons. The molecule has 1 heteroatoms. The largest absolute Gasteiger partial charge is 0.103 e. The number of hydrogen-bond acceptors (Lipinski definition) is 0. The van der Waals surface area contributed by atoms with E-state index in [0.29, 0.717) is 0 Å². The maximum atomic E-state index is 3.79. The second kappa shape index (κ2) is 9.72. The van der Waals surface area contributed by atoms with Crippen LogP contribution in [0.15, 0.2) is 48.7 Å². The third-order valence-corrected chi connectivity index (χ3v) is 3.83. The van der Waals surface area contributed by atoms with Crippen LogP contribution in [0.4, 0.5) is 0 Å². The summed E-state index contributed by atoms with van der Waals surface area (Å²) >= 11 is 0. The minimum Gasteiger partial charge on any atom is -0.103 e. The minimum atomic E-state index is 1.10. The molecule has 0 aliphatic carbocycles. The predicted octanol–water partition coefficient (Wildman–Crippen LogP) is 3.50. The first-order valence-electron chi connectivity index (χ1n) is 5.76. The van der Waals surface area contributed by atoms with Gasteiger partial charge in [-0.05, 0) is 38.5 Å². The van der Waals surface area contributed by atoms with Crippen molar-refractivity contribution in [2.75, 3.05) is 0 Å². The van der Waals surface area contributed by atoms with Gasteiger partial charge >= 0.3 is 0 Å². The molecular formula is C14H24Si. The third kappa shape index (κ3) is 7.15. The van der Waals surface area contributed by atoms with Crippen molar-refractivity contribution in [1.29, 1.82) is 0 Å². The van der Waals surface area contributed by atoms with Crippen LogP contribution in [-0.2, 0) is 0 Å². The van der Waals surface area contributed by atoms with Crippen molar-refractivity contribution in [3.8, 4) is 0 Å². The molecule has 0 N–H and O–H groups in total. The Morgan fingerprint density at radius 2 is 1.20 bits per heavy atom. The highest BCUT2D eigenvalue weighted by Gasteiger charge is 2.00. The molecule has 0 bridgehead atoms. The fourth-order valence-corrected chi connectivity index (χ4v) is 2.39. The van der Waals surface area contributed by atoms with E-state index in [1.54, 1.807) is 10.8 Å². The molecular weight excluding hydrogens is 196 g/mol. The molecule has 0 amide bonds. The fourth-order valence-electron chi connectivity index (χ4n) is 1.60. The zero-order valence-electron chi connectivity index (χ0n) is 10.1. The number of allylic oxidation sites excluding steroid dienone is 5. The van der Waals surface area contributed by atoms with Gasteiger partial charge in [0.25, 0.3) is 0 Å². The fraction of sp³-hybridized carbons (Fsp3) is 0.429. The molecule has 0 rings (SSSR count). The summed E-state index contributed by atoms with van der Waals surface area (Å²) in [4.78, 5) is 0. The summed E-state index contributed by atoms with van der Waals surface area (Å²) < 4.78 is 0. The first kappa shape index (κ1) is 14.2. The van der Waals surface area contributed by atoms with Gasteiger partial charge in [0.05, 0.1) is 0 Å². The molecule has 15 heavy (non-hydrogen) atoms. The predicted molar refractivity (Wildman–Crippen MR) is 75.3 cm³/mol. The second-order valence-electron chi connectivity index (χ2n) is 3.87. The Kier molecular flexibility index (Phi) is 9.19. The van der Waals surface area contributed by atoms with E-state index in [1.807, 2.05) is 18.2 Å². The molecule has 0 unspecified atom stereocenters. The van der Waals surface area contributed by atoms with Crippen LogP contribution in [0.2, 0.25) is 0 Å². The van der Waals surface area contributed by atoms with Crippen molar-refractivity contribution in [1.82, 2.24) is 0 Å². The van der Waals surface area contributed by atoms with Crippen LogP contribution in [0.3, 0.4) is 0 Å². The maximum absolute atomic E-state index is 3.79. The summed E-state index contributed by atoms with van der Waals surface area (Å²) in [5.41, 5.74) is 1.64. The van der Waals surface area contributed by atoms with Crippen molar-refractivity contribution in [2.24, 2.45) is 0 Å². The Labute approximate surface area is 97.9 Å². The lowest BCUT2D eigenvalue weighted by Crippen LogP contribution is -1.93. The molecule has 0 fully saturated rings. The molecule has 0 aliphatic heterocycles. The van der Waals surface area contributed by atoms with Crippen molar-refractivity contribution in [2.45, 2.75) is 38.5 Å². The number of rotatable bonds is 9. The van der Waals surface area contributed by atoms with Gasteiger partial charge in [0, 0.05) is 10.2 Å². The Morgan fingerprint density at radius 1 is 0.800 bits per heavy atom. The highest BCUT2D eigenvalue weighted by atomic mass is 28.1. The van der Waals surface area contributed by atoms with Crippen LogP contribution in [-0.4, -0.2) is 10.2 Å². The SMILES string of the molecule is C=CCCC([SiH3])=C(CCC=C)CCC=C. The van der Waals surface area contributed by atoms with Crippen molar-refractivity contribution < 1.29 is 0 Å². The summed E-state index contributed by atoms with van der Waals surface area (Å²) in [5, 5.41) is 1.67. The van der Waals surface area contributed by atoms with E-state index in [2.05, 4.69) is 19.7 Å². The van der Waals surface area contributed by atoms with Crippen LogP contribution in [0.25, 0.3) is 0 Å². The van der Waals surface area contributed by atoms with Crippen LogP contribution in [0, 0.1) is 0 Å². The second-order valence-corrected chi connectivity index (χ2v) is 5.07. The van der Waals surface area contributed by atoms with E-state index < -0.39 is 0 Å². The minimum absolute atomic E-state index is 1.10. The highest BCUT2D eigenvalue weighted by molar-refractivity contribution is 6.22. The standard InChI is InChI=1S/C14H24Si/c1-4-7-10-13(11-8-5-2)14(15)12-9-6-3/h4-6H,1-3,7-12H2,15H3. The van der Waals surface area contributed by atoms with Crippen LogP contribution >= 0.6 is 0 Å². The molecule has 0 saturated heterocycles. The van der Waals surface area contributed by atoms with Crippen LogP contribution < -0.4 is 0 Å². The van der Waals surface area contributed by atoms with E-state index in [1.165, 1.54) is 29.5 Å². The van der Waals surface area contributed by atoms with Gasteiger partial charge in [0.2, 0.25) is 0 Å². The Hall–Kier alpha value is -0.823. The summed E-state index contributed by atoms with van der Waals surface area (Å²) in [5.74, 6) is 0. The lowest BCUT2D eigenvalue weighted by Gasteiger charge is -2.10. The van der Waals surface area contributed by atoms with Gasteiger partial charge in [0.1, 0.15) is 0 Å². The van der Waals surface area contributed by atoms with Crippen molar-refractivity contribution in [3.05, 3.63) is 48.7 Å². The van der Waals surface area contributed by atoms with Gasteiger partial charge < -0.3 is 0 Å². The molecule has 0 aromatic carbocycles. The van der Waals surface area contributed by atoms with E-state index in [0.717, 1.165) is 19.3 Å².